The molecule has 0 aromatic heterocycles. The molecule has 6 heteroatoms. The van der Waals surface area contributed by atoms with Gasteiger partial charge < -0.3 is 28.4 Å². The molecular formula is C17H32O6. The van der Waals surface area contributed by atoms with Crippen LogP contribution < -0.4 is 0 Å². The molecule has 2 unspecified atom stereocenters. The first-order valence-corrected chi connectivity index (χ1v) is 8.97. The molecule has 2 heterocycles. The van der Waals surface area contributed by atoms with E-state index in [-0.39, 0.29) is 0 Å². The fourth-order valence-corrected chi connectivity index (χ4v) is 3.24. The predicted octanol–water partition coefficient (Wildman–Crippen LogP) is 2.49. The van der Waals surface area contributed by atoms with E-state index in [1.807, 2.05) is 20.8 Å². The fourth-order valence-electron chi connectivity index (χ4n) is 3.24. The quantitative estimate of drug-likeness (QED) is 0.311. The van der Waals surface area contributed by atoms with Gasteiger partial charge in [-0.25, -0.2) is 0 Å². The zero-order valence-electron chi connectivity index (χ0n) is 14.8. The van der Waals surface area contributed by atoms with Crippen LogP contribution in [0.25, 0.3) is 0 Å². The lowest BCUT2D eigenvalue weighted by molar-refractivity contribution is -0.459. The van der Waals surface area contributed by atoms with E-state index in [2.05, 4.69) is 0 Å². The Morgan fingerprint density at radius 2 is 1.74 bits per heavy atom. The van der Waals surface area contributed by atoms with Crippen LogP contribution in [0.5, 0.6) is 0 Å². The zero-order valence-corrected chi connectivity index (χ0v) is 14.8. The minimum atomic E-state index is -1.11. The van der Waals surface area contributed by atoms with Crippen molar-refractivity contribution in [3.63, 3.8) is 0 Å². The van der Waals surface area contributed by atoms with Crippen LogP contribution in [0.2, 0.25) is 0 Å². The number of ether oxygens (including phenoxy) is 6. The Balaban J connectivity index is 1.98. The van der Waals surface area contributed by atoms with Gasteiger partial charge in [0.25, 0.3) is 0 Å². The molecule has 2 fully saturated rings. The van der Waals surface area contributed by atoms with Crippen molar-refractivity contribution in [1.82, 2.24) is 0 Å². The molecule has 0 amide bonds. The van der Waals surface area contributed by atoms with Crippen LogP contribution in [-0.2, 0) is 28.4 Å². The molecule has 0 aliphatic carbocycles. The highest BCUT2D eigenvalue weighted by Crippen LogP contribution is 2.43. The van der Waals surface area contributed by atoms with Crippen LogP contribution >= 0.6 is 0 Å². The normalized spacial score (nSPS) is 29.6. The van der Waals surface area contributed by atoms with E-state index in [1.54, 1.807) is 0 Å². The second-order valence-corrected chi connectivity index (χ2v) is 5.94. The van der Waals surface area contributed by atoms with E-state index in [0.717, 1.165) is 32.3 Å². The van der Waals surface area contributed by atoms with E-state index in [1.165, 1.54) is 0 Å². The number of hydrogen-bond donors (Lipinski definition) is 0. The number of hydrogen-bond acceptors (Lipinski definition) is 6. The molecule has 136 valence electrons. The first kappa shape index (κ1) is 19.1. The Morgan fingerprint density at radius 1 is 1.04 bits per heavy atom. The van der Waals surface area contributed by atoms with Crippen molar-refractivity contribution in [2.24, 2.45) is 0 Å². The second kappa shape index (κ2) is 9.30. The van der Waals surface area contributed by atoms with Crippen molar-refractivity contribution >= 4 is 0 Å². The van der Waals surface area contributed by atoms with Crippen molar-refractivity contribution in [3.05, 3.63) is 0 Å². The summed E-state index contributed by atoms with van der Waals surface area (Å²) in [6.07, 6.45) is 3.77. The second-order valence-electron chi connectivity index (χ2n) is 5.94. The summed E-state index contributed by atoms with van der Waals surface area (Å²) in [6, 6.07) is 0. The molecule has 2 saturated heterocycles. The fraction of sp³-hybridized carbons (Fsp3) is 1.00. The Bertz CT molecular complexity index is 318. The largest absolute Gasteiger partial charge is 0.379 e. The molecule has 0 spiro atoms. The van der Waals surface area contributed by atoms with Crippen LogP contribution in [-0.4, -0.2) is 63.9 Å². The molecule has 2 rings (SSSR count). The van der Waals surface area contributed by atoms with E-state index in [4.69, 9.17) is 28.4 Å². The summed E-state index contributed by atoms with van der Waals surface area (Å²) in [5.74, 6) is -1.11. The van der Waals surface area contributed by atoms with Crippen LogP contribution in [0.3, 0.4) is 0 Å². The highest BCUT2D eigenvalue weighted by atomic mass is 16.9. The molecule has 23 heavy (non-hydrogen) atoms. The van der Waals surface area contributed by atoms with Crippen molar-refractivity contribution in [3.8, 4) is 0 Å². The molecule has 6 nitrogen and oxygen atoms in total. The summed E-state index contributed by atoms with van der Waals surface area (Å²) in [4.78, 5) is 0. The smallest absolute Gasteiger partial charge is 0.313 e. The summed E-state index contributed by atoms with van der Waals surface area (Å²) in [5, 5.41) is 0. The molecule has 0 radical (unpaired) electrons. The van der Waals surface area contributed by atoms with Gasteiger partial charge in [0.15, 0.2) is 0 Å². The van der Waals surface area contributed by atoms with Crippen molar-refractivity contribution < 1.29 is 28.4 Å². The van der Waals surface area contributed by atoms with Gasteiger partial charge in [0.05, 0.1) is 19.8 Å². The van der Waals surface area contributed by atoms with Crippen LogP contribution in [0, 0.1) is 0 Å². The molecule has 0 N–H and O–H groups in total. The summed E-state index contributed by atoms with van der Waals surface area (Å²) >= 11 is 0. The molecular weight excluding hydrogens is 300 g/mol. The summed E-state index contributed by atoms with van der Waals surface area (Å²) in [7, 11) is 0. The molecule has 2 aliphatic heterocycles. The number of rotatable bonds is 12. The van der Waals surface area contributed by atoms with Crippen LogP contribution in [0.15, 0.2) is 0 Å². The molecule has 2 aliphatic rings. The van der Waals surface area contributed by atoms with Crippen molar-refractivity contribution in [1.29, 1.82) is 0 Å². The van der Waals surface area contributed by atoms with E-state index < -0.39 is 11.6 Å². The lowest BCUT2D eigenvalue weighted by Crippen LogP contribution is -2.63. The minimum Gasteiger partial charge on any atom is -0.379 e. The molecule has 0 aromatic carbocycles. The van der Waals surface area contributed by atoms with Gasteiger partial charge in [-0.15, -0.1) is 0 Å². The Labute approximate surface area is 139 Å². The van der Waals surface area contributed by atoms with Gasteiger partial charge in [-0.2, -0.15) is 0 Å². The van der Waals surface area contributed by atoms with Gasteiger partial charge in [0.1, 0.15) is 11.7 Å². The van der Waals surface area contributed by atoms with Gasteiger partial charge >= 0.3 is 5.97 Å². The maximum atomic E-state index is 6.18. The van der Waals surface area contributed by atoms with E-state index in [9.17, 15) is 0 Å². The summed E-state index contributed by atoms with van der Waals surface area (Å²) in [5.41, 5.74) is -0.578. The zero-order chi connectivity index (χ0) is 16.6. The highest BCUT2D eigenvalue weighted by molar-refractivity contribution is 4.94. The third-order valence-corrected chi connectivity index (χ3v) is 4.24. The molecule has 2 atom stereocenters. The lowest BCUT2D eigenvalue weighted by atomic mass is 9.87. The van der Waals surface area contributed by atoms with E-state index >= 15 is 0 Å². The topological polar surface area (TPSA) is 58.7 Å². The lowest BCUT2D eigenvalue weighted by Gasteiger charge is -2.50. The van der Waals surface area contributed by atoms with Gasteiger partial charge in [-0.3, -0.25) is 0 Å². The monoisotopic (exact) mass is 332 g/mol. The van der Waals surface area contributed by atoms with Crippen LogP contribution in [0.1, 0.15) is 46.5 Å². The first-order valence-electron chi connectivity index (χ1n) is 8.97. The number of epoxide rings is 1. The Kier molecular flexibility index (Phi) is 7.72. The van der Waals surface area contributed by atoms with Gasteiger partial charge in [0.2, 0.25) is 0 Å². The maximum absolute atomic E-state index is 6.18. The molecule has 0 bridgehead atoms. The van der Waals surface area contributed by atoms with Gasteiger partial charge in [-0.1, -0.05) is 0 Å². The minimum absolute atomic E-state index is 0.305. The highest BCUT2D eigenvalue weighted by Gasteiger charge is 2.57. The molecule has 0 saturated carbocycles. The van der Waals surface area contributed by atoms with Crippen molar-refractivity contribution in [2.75, 3.05) is 46.2 Å². The predicted molar refractivity (Wildman–Crippen MR) is 85.3 cm³/mol. The van der Waals surface area contributed by atoms with Gasteiger partial charge in [0, 0.05) is 26.4 Å². The molecule has 0 aromatic rings. The standard InChI is InChI=1S/C17H32O6/c1-4-20-16(9-7-11-18-13-15-14-19-15)10-8-12-23-17(16,21-5-2)22-6-3/h15H,4-14H2,1-3H3. The van der Waals surface area contributed by atoms with Gasteiger partial charge in [-0.05, 0) is 46.5 Å². The van der Waals surface area contributed by atoms with Crippen LogP contribution in [0.4, 0.5) is 0 Å². The Hall–Kier alpha value is -0.240. The average molecular weight is 332 g/mol. The third-order valence-electron chi connectivity index (χ3n) is 4.24. The summed E-state index contributed by atoms with van der Waals surface area (Å²) in [6.45, 7) is 10.4. The average Bonchev–Trinajstić information content (AvgIpc) is 3.35. The maximum Gasteiger partial charge on any atom is 0.313 e. The Morgan fingerprint density at radius 3 is 2.35 bits per heavy atom. The summed E-state index contributed by atoms with van der Waals surface area (Å²) < 4.78 is 34.9. The third kappa shape index (κ3) is 4.87. The first-order chi connectivity index (χ1) is 11.2. The SMILES string of the molecule is CCOC1(CCCOCC2CO2)CCCOC1(OCC)OCC. The van der Waals surface area contributed by atoms with E-state index in [0.29, 0.717) is 45.7 Å². The van der Waals surface area contributed by atoms with Crippen molar-refractivity contribution in [2.45, 2.75) is 64.1 Å².